The second-order valence-corrected chi connectivity index (χ2v) is 10.4. The summed E-state index contributed by atoms with van der Waals surface area (Å²) in [6.07, 6.45) is 3.98. The van der Waals surface area contributed by atoms with Crippen molar-refractivity contribution in [1.29, 1.82) is 0 Å². The van der Waals surface area contributed by atoms with Crippen LogP contribution in [0.4, 0.5) is 11.4 Å². The van der Waals surface area contributed by atoms with Crippen LogP contribution < -0.4 is 15.0 Å². The van der Waals surface area contributed by atoms with Crippen LogP contribution in [0.2, 0.25) is 0 Å². The van der Waals surface area contributed by atoms with Gasteiger partial charge in [0.25, 0.3) is 0 Å². The summed E-state index contributed by atoms with van der Waals surface area (Å²) < 4.78 is 5.32. The fourth-order valence-corrected chi connectivity index (χ4v) is 6.83. The van der Waals surface area contributed by atoms with Crippen LogP contribution in [0, 0.1) is 5.92 Å². The lowest BCUT2D eigenvalue weighted by Gasteiger charge is -2.37. The number of nitrogens with zero attached hydrogens (tertiary/aromatic N) is 1. The number of anilines is 2. The quantitative estimate of drug-likeness (QED) is 0.345. The number of benzene rings is 4. The van der Waals surface area contributed by atoms with Crippen molar-refractivity contribution < 1.29 is 19.1 Å². The smallest absolute Gasteiger partial charge is 0.238 e. The molecule has 6 heteroatoms. The van der Waals surface area contributed by atoms with Gasteiger partial charge in [0.2, 0.25) is 5.91 Å². The lowest BCUT2D eigenvalue weighted by Crippen LogP contribution is -2.51. The predicted molar refractivity (Wildman–Crippen MR) is 154 cm³/mol. The van der Waals surface area contributed by atoms with Crippen molar-refractivity contribution in [3.8, 4) is 5.75 Å². The Balaban J connectivity index is 1.52. The van der Waals surface area contributed by atoms with Crippen LogP contribution in [0.15, 0.2) is 109 Å². The number of hydrogen-bond donors (Lipinski definition) is 1. The number of para-hydroxylation sites is 2. The van der Waals surface area contributed by atoms with Crippen LogP contribution in [0.25, 0.3) is 6.08 Å². The van der Waals surface area contributed by atoms with Gasteiger partial charge in [-0.05, 0) is 47.5 Å². The summed E-state index contributed by atoms with van der Waals surface area (Å²) in [6, 6.07) is 29.7. The number of methoxy groups -OCH3 is 1. The zero-order valence-electron chi connectivity index (χ0n) is 21.8. The molecule has 1 saturated heterocycles. The predicted octanol–water partition coefficient (Wildman–Crippen LogP) is 5.55. The molecule has 196 valence electrons. The van der Waals surface area contributed by atoms with Crippen molar-refractivity contribution in [2.75, 3.05) is 17.3 Å². The number of carbonyl (C=O) groups is 3. The highest BCUT2D eigenvalue weighted by Gasteiger charge is 2.70. The number of amides is 1. The summed E-state index contributed by atoms with van der Waals surface area (Å²) in [5.74, 6) is -1.09. The highest BCUT2D eigenvalue weighted by Crippen LogP contribution is 2.58. The van der Waals surface area contributed by atoms with E-state index in [4.69, 9.17) is 4.74 Å². The first-order valence-corrected chi connectivity index (χ1v) is 13.3. The van der Waals surface area contributed by atoms with Gasteiger partial charge >= 0.3 is 0 Å². The molecule has 0 radical (unpaired) electrons. The molecule has 0 bridgehead atoms. The van der Waals surface area contributed by atoms with Gasteiger partial charge in [0.05, 0.1) is 19.1 Å². The van der Waals surface area contributed by atoms with E-state index in [-0.39, 0.29) is 17.5 Å². The van der Waals surface area contributed by atoms with E-state index in [1.54, 1.807) is 55.6 Å². The Hall–Kier alpha value is -4.97. The summed E-state index contributed by atoms with van der Waals surface area (Å²) in [7, 11) is 1.57. The van der Waals surface area contributed by atoms with E-state index < -0.39 is 23.4 Å². The first-order valence-electron chi connectivity index (χ1n) is 13.3. The van der Waals surface area contributed by atoms with Gasteiger partial charge in [-0.25, -0.2) is 0 Å². The second kappa shape index (κ2) is 9.06. The number of ketones is 2. The van der Waals surface area contributed by atoms with Crippen molar-refractivity contribution in [1.82, 2.24) is 0 Å². The molecule has 3 aliphatic heterocycles. The highest BCUT2D eigenvalue weighted by atomic mass is 16.5. The minimum Gasteiger partial charge on any atom is -0.497 e. The van der Waals surface area contributed by atoms with E-state index in [0.717, 1.165) is 16.8 Å². The first-order chi connectivity index (χ1) is 19.6. The van der Waals surface area contributed by atoms with Gasteiger partial charge in [-0.15, -0.1) is 0 Å². The summed E-state index contributed by atoms with van der Waals surface area (Å²) in [5.41, 5.74) is 2.75. The molecule has 0 aromatic heterocycles. The molecule has 0 saturated carbocycles. The average Bonchev–Trinajstić information content (AvgIpc) is 3.49. The van der Waals surface area contributed by atoms with Gasteiger partial charge in [0, 0.05) is 22.5 Å². The largest absolute Gasteiger partial charge is 0.497 e. The summed E-state index contributed by atoms with van der Waals surface area (Å²) >= 11 is 0. The van der Waals surface area contributed by atoms with Crippen LogP contribution in [0.5, 0.6) is 5.75 Å². The van der Waals surface area contributed by atoms with Gasteiger partial charge in [-0.2, -0.15) is 0 Å². The molecule has 0 aliphatic carbocycles. The first kappa shape index (κ1) is 24.1. The van der Waals surface area contributed by atoms with E-state index >= 15 is 0 Å². The summed E-state index contributed by atoms with van der Waals surface area (Å²) in [4.78, 5) is 45.6. The van der Waals surface area contributed by atoms with E-state index in [9.17, 15) is 14.4 Å². The number of Topliss-reactive ketones (excluding diaryl/α,β-unsaturated/α-hetero) is 2. The lowest BCUT2D eigenvalue weighted by molar-refractivity contribution is -0.121. The fourth-order valence-electron chi connectivity index (χ4n) is 6.83. The van der Waals surface area contributed by atoms with E-state index in [1.807, 2.05) is 71.6 Å². The Bertz CT molecular complexity index is 1690. The molecule has 3 aliphatic rings. The molecular weight excluding hydrogens is 500 g/mol. The zero-order valence-corrected chi connectivity index (χ0v) is 21.8. The van der Waals surface area contributed by atoms with Crippen molar-refractivity contribution in [2.45, 2.75) is 17.5 Å². The summed E-state index contributed by atoms with van der Waals surface area (Å²) in [6.45, 7) is 0. The molecule has 6 nitrogen and oxygen atoms in total. The van der Waals surface area contributed by atoms with Crippen LogP contribution in [-0.2, 0) is 10.2 Å². The Morgan fingerprint density at radius 2 is 1.48 bits per heavy atom. The molecule has 1 amide bonds. The SMILES string of the molecule is COc1ccc(C(=O)[C@H]2[C@@H](C(=O)c3ccccc3)[C@]3(C(=O)Nc4ccccc43)[C@H]3C=Cc4ccccc4N23)cc1. The molecule has 1 spiro atoms. The standard InChI is InChI=1S/C34H26N2O4/c1-40-24-18-15-23(16-19-24)32(38)30-29(31(37)22-10-3-2-4-11-22)34(25-12-6-7-13-26(25)35-33(34)39)28-20-17-21-9-5-8-14-27(21)36(28)30/h2-20,28-30H,1H3,(H,35,39)/t28-,29+,30-,34-/m1/s1. The number of fused-ring (bicyclic) bond motifs is 6. The van der Waals surface area contributed by atoms with Crippen LogP contribution in [-0.4, -0.2) is 36.7 Å². The van der Waals surface area contributed by atoms with Crippen LogP contribution in [0.3, 0.4) is 0 Å². The summed E-state index contributed by atoms with van der Waals surface area (Å²) in [5, 5.41) is 3.06. The van der Waals surface area contributed by atoms with Gasteiger partial charge in [-0.1, -0.05) is 78.9 Å². The van der Waals surface area contributed by atoms with Gasteiger partial charge in [0.15, 0.2) is 11.6 Å². The zero-order chi connectivity index (χ0) is 27.4. The Labute approximate surface area is 231 Å². The molecule has 4 aromatic carbocycles. The highest BCUT2D eigenvalue weighted by molar-refractivity contribution is 6.18. The monoisotopic (exact) mass is 526 g/mol. The average molecular weight is 527 g/mol. The molecule has 3 heterocycles. The third-order valence-electron chi connectivity index (χ3n) is 8.53. The van der Waals surface area contributed by atoms with Crippen molar-refractivity contribution in [3.05, 3.63) is 131 Å². The number of nitrogens with one attached hydrogen (secondary N) is 1. The molecule has 7 rings (SSSR count). The third-order valence-corrected chi connectivity index (χ3v) is 8.53. The maximum Gasteiger partial charge on any atom is 0.238 e. The minimum absolute atomic E-state index is 0.221. The van der Waals surface area contributed by atoms with Crippen molar-refractivity contribution in [2.24, 2.45) is 5.92 Å². The molecule has 4 aromatic rings. The van der Waals surface area contributed by atoms with Gasteiger partial charge < -0.3 is 15.0 Å². The normalized spacial score (nSPS) is 23.8. The fraction of sp³-hybridized carbons (Fsp3) is 0.147. The van der Waals surface area contributed by atoms with E-state index in [1.165, 1.54) is 0 Å². The lowest BCUT2D eigenvalue weighted by atomic mass is 9.64. The van der Waals surface area contributed by atoms with Gasteiger partial charge in [0.1, 0.15) is 17.2 Å². The number of carbonyl (C=O) groups excluding carboxylic acids is 3. The molecule has 1 N–H and O–H groups in total. The Morgan fingerprint density at radius 3 is 2.25 bits per heavy atom. The Morgan fingerprint density at radius 1 is 0.800 bits per heavy atom. The van der Waals surface area contributed by atoms with E-state index in [0.29, 0.717) is 22.6 Å². The maximum absolute atomic E-state index is 14.7. The molecule has 0 unspecified atom stereocenters. The number of rotatable bonds is 5. The van der Waals surface area contributed by atoms with Crippen LogP contribution in [0.1, 0.15) is 31.8 Å². The topological polar surface area (TPSA) is 75.7 Å². The van der Waals surface area contributed by atoms with E-state index in [2.05, 4.69) is 5.32 Å². The molecule has 1 fully saturated rings. The number of ether oxygens (including phenoxy) is 1. The molecule has 40 heavy (non-hydrogen) atoms. The van der Waals surface area contributed by atoms with Crippen molar-refractivity contribution >= 4 is 34.9 Å². The number of hydrogen-bond acceptors (Lipinski definition) is 5. The third kappa shape index (κ3) is 3.26. The van der Waals surface area contributed by atoms with Gasteiger partial charge in [-0.3, -0.25) is 14.4 Å². The van der Waals surface area contributed by atoms with Crippen molar-refractivity contribution in [3.63, 3.8) is 0 Å². The maximum atomic E-state index is 14.7. The molecular formula is C34H26N2O4. The van der Waals surface area contributed by atoms with Crippen LogP contribution >= 0.6 is 0 Å². The minimum atomic E-state index is -1.32. The second-order valence-electron chi connectivity index (χ2n) is 10.4. The Kier molecular flexibility index (Phi) is 5.46. The molecule has 4 atom stereocenters.